The second kappa shape index (κ2) is 6.49. The monoisotopic (exact) mass is 317 g/mol. The summed E-state index contributed by atoms with van der Waals surface area (Å²) in [7, 11) is 0. The van der Waals surface area contributed by atoms with Gasteiger partial charge in [-0.15, -0.1) is 0 Å². The molecule has 0 radical (unpaired) electrons. The van der Waals surface area contributed by atoms with Crippen molar-refractivity contribution in [2.75, 3.05) is 6.54 Å². The van der Waals surface area contributed by atoms with Crippen LogP contribution in [-0.4, -0.2) is 23.5 Å². The lowest BCUT2D eigenvalue weighted by Crippen LogP contribution is -2.32. The Balaban J connectivity index is 2.68. The summed E-state index contributed by atoms with van der Waals surface area (Å²) in [4.78, 5) is 22.5. The number of hydrogen-bond acceptors (Lipinski definition) is 2. The normalized spacial score (nSPS) is 11.9. The fraction of sp³-hybridized carbons (Fsp3) is 0.333. The molecule has 2 N–H and O–H groups in total. The van der Waals surface area contributed by atoms with Crippen molar-refractivity contribution in [2.24, 2.45) is 5.92 Å². The van der Waals surface area contributed by atoms with Gasteiger partial charge >= 0.3 is 5.97 Å². The fourth-order valence-corrected chi connectivity index (χ4v) is 1.87. The van der Waals surface area contributed by atoms with Gasteiger partial charge in [-0.3, -0.25) is 9.59 Å². The van der Waals surface area contributed by atoms with Crippen LogP contribution in [0.3, 0.4) is 0 Å². The molecule has 0 saturated carbocycles. The summed E-state index contributed by atoms with van der Waals surface area (Å²) < 4.78 is 13.5. The Morgan fingerprint density at radius 1 is 1.44 bits per heavy atom. The number of hydrogen-bond donors (Lipinski definition) is 2. The molecule has 0 fully saturated rings. The van der Waals surface area contributed by atoms with E-state index in [1.807, 2.05) is 0 Å². The van der Waals surface area contributed by atoms with Crippen molar-refractivity contribution in [1.29, 1.82) is 0 Å². The van der Waals surface area contributed by atoms with E-state index < -0.39 is 23.6 Å². The number of carbonyl (C=O) groups is 2. The molecule has 1 aromatic rings. The Morgan fingerprint density at radius 3 is 2.61 bits per heavy atom. The van der Waals surface area contributed by atoms with Gasteiger partial charge in [0.1, 0.15) is 5.82 Å². The number of nitrogens with one attached hydrogen (secondary N) is 1. The number of aliphatic carboxylic acids is 1. The molecule has 1 aromatic carbocycles. The van der Waals surface area contributed by atoms with Crippen LogP contribution in [-0.2, 0) is 4.79 Å². The van der Waals surface area contributed by atoms with Gasteiger partial charge in [-0.2, -0.15) is 0 Å². The molecule has 0 aliphatic rings. The molecule has 1 amide bonds. The Labute approximate surface area is 112 Å². The maximum atomic E-state index is 13.1. The van der Waals surface area contributed by atoms with Crippen LogP contribution in [0.15, 0.2) is 22.7 Å². The average molecular weight is 318 g/mol. The lowest BCUT2D eigenvalue weighted by atomic mass is 10.1. The lowest BCUT2D eigenvalue weighted by Gasteiger charge is -2.11. The van der Waals surface area contributed by atoms with E-state index >= 15 is 0 Å². The Morgan fingerprint density at radius 2 is 2.11 bits per heavy atom. The second-order valence-electron chi connectivity index (χ2n) is 3.81. The maximum Gasteiger partial charge on any atom is 0.308 e. The van der Waals surface area contributed by atoms with Gasteiger partial charge in [-0.1, -0.05) is 22.9 Å². The van der Waals surface area contributed by atoms with E-state index in [1.165, 1.54) is 12.1 Å². The first kappa shape index (κ1) is 14.6. The molecule has 0 spiro atoms. The van der Waals surface area contributed by atoms with Crippen LogP contribution in [0.1, 0.15) is 23.7 Å². The fourth-order valence-electron chi connectivity index (χ4n) is 1.41. The minimum atomic E-state index is -0.960. The average Bonchev–Trinajstić information content (AvgIpc) is 2.27. The smallest absolute Gasteiger partial charge is 0.308 e. The highest BCUT2D eigenvalue weighted by Gasteiger charge is 2.16. The molecule has 1 atom stereocenters. The second-order valence-corrected chi connectivity index (χ2v) is 4.73. The summed E-state index contributed by atoms with van der Waals surface area (Å²) in [5.41, 5.74) is 0.155. The molecule has 0 heterocycles. The Kier molecular flexibility index (Phi) is 5.27. The minimum Gasteiger partial charge on any atom is -0.481 e. The molecule has 0 aliphatic carbocycles. The number of carboxylic acids is 1. The van der Waals surface area contributed by atoms with Crippen LogP contribution in [0.5, 0.6) is 0 Å². The third-order valence-electron chi connectivity index (χ3n) is 2.48. The van der Waals surface area contributed by atoms with Crippen LogP contribution in [0.25, 0.3) is 0 Å². The number of carboxylic acid groups (broad SMARTS) is 1. The Hall–Kier alpha value is -1.43. The zero-order valence-electron chi connectivity index (χ0n) is 9.74. The zero-order chi connectivity index (χ0) is 13.7. The highest BCUT2D eigenvalue weighted by molar-refractivity contribution is 9.10. The van der Waals surface area contributed by atoms with Gasteiger partial charge in [0.15, 0.2) is 0 Å². The standard InChI is InChI=1S/C12H13BrFNO3/c1-2-7(12(17)18)6-15-11(16)8-3-9(13)5-10(14)4-8/h3-5,7H,2,6H2,1H3,(H,15,16)(H,17,18). The summed E-state index contributed by atoms with van der Waals surface area (Å²) >= 11 is 3.08. The zero-order valence-corrected chi connectivity index (χ0v) is 11.3. The number of carbonyl (C=O) groups excluding carboxylic acids is 1. The van der Waals surface area contributed by atoms with Gasteiger partial charge in [0, 0.05) is 16.6 Å². The quantitative estimate of drug-likeness (QED) is 0.876. The van der Waals surface area contributed by atoms with Crippen molar-refractivity contribution >= 4 is 27.8 Å². The lowest BCUT2D eigenvalue weighted by molar-refractivity contribution is -0.141. The predicted octanol–water partition coefficient (Wildman–Crippen LogP) is 2.43. The molecular formula is C12H13BrFNO3. The van der Waals surface area contributed by atoms with Gasteiger partial charge in [-0.05, 0) is 24.6 Å². The van der Waals surface area contributed by atoms with Gasteiger partial charge in [-0.25, -0.2) is 4.39 Å². The summed E-state index contributed by atoms with van der Waals surface area (Å²) in [6, 6.07) is 3.81. The molecule has 1 unspecified atom stereocenters. The number of benzene rings is 1. The first-order valence-corrected chi connectivity index (χ1v) is 6.20. The van der Waals surface area contributed by atoms with Gasteiger partial charge < -0.3 is 10.4 Å². The van der Waals surface area contributed by atoms with E-state index in [0.29, 0.717) is 10.9 Å². The van der Waals surface area contributed by atoms with Crippen molar-refractivity contribution in [1.82, 2.24) is 5.32 Å². The van der Waals surface area contributed by atoms with Crippen molar-refractivity contribution < 1.29 is 19.1 Å². The third kappa shape index (κ3) is 4.10. The predicted molar refractivity (Wildman–Crippen MR) is 67.9 cm³/mol. The van der Waals surface area contributed by atoms with Gasteiger partial charge in [0.2, 0.25) is 0 Å². The van der Waals surface area contributed by atoms with Crippen molar-refractivity contribution in [3.8, 4) is 0 Å². The van der Waals surface area contributed by atoms with Crippen LogP contribution in [0.2, 0.25) is 0 Å². The number of halogens is 2. The molecule has 0 saturated heterocycles. The van der Waals surface area contributed by atoms with E-state index in [2.05, 4.69) is 21.2 Å². The molecular weight excluding hydrogens is 305 g/mol. The van der Waals surface area contributed by atoms with Crippen LogP contribution in [0.4, 0.5) is 4.39 Å². The summed E-state index contributed by atoms with van der Waals surface area (Å²) in [6.45, 7) is 1.75. The summed E-state index contributed by atoms with van der Waals surface area (Å²) in [6.07, 6.45) is 0.419. The summed E-state index contributed by atoms with van der Waals surface area (Å²) in [5.74, 6) is -2.61. The van der Waals surface area contributed by atoms with E-state index in [0.717, 1.165) is 6.07 Å². The molecule has 0 aliphatic heterocycles. The summed E-state index contributed by atoms with van der Waals surface area (Å²) in [5, 5.41) is 11.3. The van der Waals surface area contributed by atoms with Crippen LogP contribution < -0.4 is 5.32 Å². The molecule has 1 rings (SSSR count). The van der Waals surface area contributed by atoms with E-state index in [1.54, 1.807) is 6.92 Å². The topological polar surface area (TPSA) is 66.4 Å². The van der Waals surface area contributed by atoms with Crippen molar-refractivity contribution in [3.05, 3.63) is 34.1 Å². The van der Waals surface area contributed by atoms with E-state index in [9.17, 15) is 14.0 Å². The van der Waals surface area contributed by atoms with Gasteiger partial charge in [0.05, 0.1) is 5.92 Å². The number of rotatable bonds is 5. The highest BCUT2D eigenvalue weighted by Crippen LogP contribution is 2.15. The van der Waals surface area contributed by atoms with Crippen molar-refractivity contribution in [3.63, 3.8) is 0 Å². The van der Waals surface area contributed by atoms with E-state index in [4.69, 9.17) is 5.11 Å². The first-order chi connectivity index (χ1) is 8.43. The van der Waals surface area contributed by atoms with Gasteiger partial charge in [0.25, 0.3) is 5.91 Å². The first-order valence-electron chi connectivity index (χ1n) is 5.41. The molecule has 0 aromatic heterocycles. The number of amides is 1. The Bertz CT molecular complexity index is 444. The molecule has 4 nitrogen and oxygen atoms in total. The van der Waals surface area contributed by atoms with Crippen LogP contribution >= 0.6 is 15.9 Å². The maximum absolute atomic E-state index is 13.1. The molecule has 0 bridgehead atoms. The largest absolute Gasteiger partial charge is 0.481 e. The molecule has 6 heteroatoms. The van der Waals surface area contributed by atoms with E-state index in [-0.39, 0.29) is 12.1 Å². The third-order valence-corrected chi connectivity index (χ3v) is 2.93. The highest BCUT2D eigenvalue weighted by atomic mass is 79.9. The molecule has 18 heavy (non-hydrogen) atoms. The minimum absolute atomic E-state index is 0.0266. The van der Waals surface area contributed by atoms with Crippen molar-refractivity contribution in [2.45, 2.75) is 13.3 Å². The molecule has 98 valence electrons. The van der Waals surface area contributed by atoms with Crippen LogP contribution in [0, 0.1) is 11.7 Å². The SMILES string of the molecule is CCC(CNC(=O)c1cc(F)cc(Br)c1)C(=O)O.